The molecule has 1 amide bonds. The Kier molecular flexibility index (Phi) is 4.74. The van der Waals surface area contributed by atoms with E-state index in [-0.39, 0.29) is 5.91 Å². The highest BCUT2D eigenvalue weighted by Gasteiger charge is 2.22. The van der Waals surface area contributed by atoms with Gasteiger partial charge in [0.15, 0.2) is 0 Å². The van der Waals surface area contributed by atoms with Crippen molar-refractivity contribution in [3.63, 3.8) is 0 Å². The number of amides is 1. The minimum Gasteiger partial charge on any atom is -0.336 e. The van der Waals surface area contributed by atoms with Gasteiger partial charge in [0.1, 0.15) is 0 Å². The van der Waals surface area contributed by atoms with Gasteiger partial charge in [-0.15, -0.1) is 0 Å². The molecular formula is C19H24N2O. The number of hydrogen-bond acceptors (Lipinski definition) is 2. The van der Waals surface area contributed by atoms with E-state index in [1.165, 1.54) is 12.8 Å². The number of carbonyl (C=O) groups excluding carboxylic acids is 1. The number of fused-ring (bicyclic) bond motifs is 1. The van der Waals surface area contributed by atoms with Crippen LogP contribution in [-0.2, 0) is 0 Å². The fraction of sp³-hybridized carbons (Fsp3) is 0.421. The summed E-state index contributed by atoms with van der Waals surface area (Å²) in [6.07, 6.45) is 2.48. The second kappa shape index (κ2) is 6.93. The average Bonchev–Trinajstić information content (AvgIpc) is 2.59. The number of unbranched alkanes of at least 4 members (excludes halogenated alkanes) is 1. The first kappa shape index (κ1) is 15.0. The lowest BCUT2D eigenvalue weighted by molar-refractivity contribution is 0.0637. The van der Waals surface area contributed by atoms with Crippen LogP contribution in [0.2, 0.25) is 0 Å². The maximum absolute atomic E-state index is 12.8. The quantitative estimate of drug-likeness (QED) is 0.863. The third kappa shape index (κ3) is 3.14. The van der Waals surface area contributed by atoms with Gasteiger partial charge in [0.2, 0.25) is 0 Å². The second-order valence-electron chi connectivity index (χ2n) is 6.01. The summed E-state index contributed by atoms with van der Waals surface area (Å²) in [5, 5.41) is 2.19. The zero-order valence-corrected chi connectivity index (χ0v) is 13.3. The summed E-state index contributed by atoms with van der Waals surface area (Å²) in [6, 6.07) is 14.1. The molecule has 3 nitrogen and oxygen atoms in total. The fourth-order valence-electron chi connectivity index (χ4n) is 3.14. The highest BCUT2D eigenvalue weighted by molar-refractivity contribution is 6.07. The Morgan fingerprint density at radius 1 is 1.00 bits per heavy atom. The molecule has 2 aromatic carbocycles. The second-order valence-corrected chi connectivity index (χ2v) is 6.01. The van der Waals surface area contributed by atoms with Crippen LogP contribution in [0.5, 0.6) is 0 Å². The van der Waals surface area contributed by atoms with Crippen LogP contribution in [0.25, 0.3) is 10.8 Å². The van der Waals surface area contributed by atoms with Crippen LogP contribution in [0.1, 0.15) is 30.1 Å². The van der Waals surface area contributed by atoms with E-state index >= 15 is 0 Å². The van der Waals surface area contributed by atoms with E-state index < -0.39 is 0 Å². The van der Waals surface area contributed by atoms with E-state index in [0.29, 0.717) is 0 Å². The molecule has 1 aliphatic heterocycles. The van der Waals surface area contributed by atoms with Crippen molar-refractivity contribution in [1.29, 1.82) is 0 Å². The van der Waals surface area contributed by atoms with Crippen molar-refractivity contribution >= 4 is 16.7 Å². The number of piperazine rings is 1. The molecule has 1 aliphatic rings. The predicted molar refractivity (Wildman–Crippen MR) is 91.2 cm³/mol. The van der Waals surface area contributed by atoms with E-state index in [0.717, 1.165) is 49.1 Å². The molecule has 1 fully saturated rings. The normalized spacial score (nSPS) is 16.1. The lowest BCUT2D eigenvalue weighted by Crippen LogP contribution is -2.48. The lowest BCUT2D eigenvalue weighted by Gasteiger charge is -2.35. The summed E-state index contributed by atoms with van der Waals surface area (Å²) in [4.78, 5) is 17.3. The van der Waals surface area contributed by atoms with Crippen LogP contribution in [0.15, 0.2) is 42.5 Å². The molecule has 2 aromatic rings. The van der Waals surface area contributed by atoms with Crippen LogP contribution < -0.4 is 0 Å². The molecule has 0 saturated carbocycles. The standard InChI is InChI=1S/C19H24N2O/c1-2-3-11-20-12-14-21(15-13-20)19(22)18-10-6-8-16-7-4-5-9-17(16)18/h4-10H,2-3,11-15H2,1H3. The Morgan fingerprint density at radius 3 is 2.50 bits per heavy atom. The van der Waals surface area contributed by atoms with Gasteiger partial charge in [0.05, 0.1) is 0 Å². The SMILES string of the molecule is CCCCN1CCN(C(=O)c2cccc3ccccc23)CC1. The maximum atomic E-state index is 12.8. The molecule has 0 bridgehead atoms. The summed E-state index contributed by atoms with van der Waals surface area (Å²) in [5.74, 6) is 0.173. The first-order valence-electron chi connectivity index (χ1n) is 8.29. The van der Waals surface area contributed by atoms with Crippen molar-refractivity contribution < 1.29 is 4.79 Å². The molecule has 0 spiro atoms. The molecule has 0 radical (unpaired) electrons. The van der Waals surface area contributed by atoms with Gasteiger partial charge in [0.25, 0.3) is 5.91 Å². The predicted octanol–water partition coefficient (Wildman–Crippen LogP) is 3.40. The van der Waals surface area contributed by atoms with Gasteiger partial charge in [0, 0.05) is 31.7 Å². The van der Waals surface area contributed by atoms with Gasteiger partial charge < -0.3 is 4.90 Å². The van der Waals surface area contributed by atoms with E-state index in [4.69, 9.17) is 0 Å². The van der Waals surface area contributed by atoms with Crippen LogP contribution >= 0.6 is 0 Å². The smallest absolute Gasteiger partial charge is 0.254 e. The number of hydrogen-bond donors (Lipinski definition) is 0. The summed E-state index contributed by atoms with van der Waals surface area (Å²) >= 11 is 0. The van der Waals surface area contributed by atoms with Gasteiger partial charge in [-0.1, -0.05) is 49.7 Å². The summed E-state index contributed by atoms with van der Waals surface area (Å²) in [7, 11) is 0. The molecule has 1 saturated heterocycles. The molecule has 0 N–H and O–H groups in total. The molecule has 0 atom stereocenters. The summed E-state index contributed by atoms with van der Waals surface area (Å²) < 4.78 is 0. The van der Waals surface area contributed by atoms with E-state index in [1.54, 1.807) is 0 Å². The molecule has 0 aliphatic carbocycles. The first-order chi connectivity index (χ1) is 10.8. The average molecular weight is 296 g/mol. The third-order valence-corrected chi connectivity index (χ3v) is 4.51. The summed E-state index contributed by atoms with van der Waals surface area (Å²) in [6.45, 7) is 7.05. The third-order valence-electron chi connectivity index (χ3n) is 4.51. The number of benzene rings is 2. The topological polar surface area (TPSA) is 23.6 Å². The maximum Gasteiger partial charge on any atom is 0.254 e. The molecule has 22 heavy (non-hydrogen) atoms. The Morgan fingerprint density at radius 2 is 1.73 bits per heavy atom. The van der Waals surface area contributed by atoms with Crippen molar-refractivity contribution in [2.45, 2.75) is 19.8 Å². The number of carbonyl (C=O) groups is 1. The molecule has 0 unspecified atom stereocenters. The zero-order chi connectivity index (χ0) is 15.4. The van der Waals surface area contributed by atoms with Crippen molar-refractivity contribution in [2.75, 3.05) is 32.7 Å². The molecular weight excluding hydrogens is 272 g/mol. The fourth-order valence-corrected chi connectivity index (χ4v) is 3.14. The van der Waals surface area contributed by atoms with E-state index in [9.17, 15) is 4.79 Å². The van der Waals surface area contributed by atoms with Gasteiger partial charge >= 0.3 is 0 Å². The van der Waals surface area contributed by atoms with Crippen molar-refractivity contribution in [3.05, 3.63) is 48.0 Å². The van der Waals surface area contributed by atoms with E-state index in [2.05, 4.69) is 24.0 Å². The van der Waals surface area contributed by atoms with Crippen LogP contribution in [0.3, 0.4) is 0 Å². The van der Waals surface area contributed by atoms with Crippen molar-refractivity contribution in [3.8, 4) is 0 Å². The monoisotopic (exact) mass is 296 g/mol. The minimum atomic E-state index is 0.173. The van der Waals surface area contributed by atoms with Crippen LogP contribution in [-0.4, -0.2) is 48.4 Å². The lowest BCUT2D eigenvalue weighted by atomic mass is 10.0. The zero-order valence-electron chi connectivity index (χ0n) is 13.3. The first-order valence-corrected chi connectivity index (χ1v) is 8.29. The molecule has 1 heterocycles. The van der Waals surface area contributed by atoms with Crippen LogP contribution in [0.4, 0.5) is 0 Å². The van der Waals surface area contributed by atoms with Gasteiger partial charge in [-0.3, -0.25) is 9.69 Å². The Hall–Kier alpha value is -1.87. The Balaban J connectivity index is 1.72. The number of nitrogens with zero attached hydrogens (tertiary/aromatic N) is 2. The van der Waals surface area contributed by atoms with Crippen LogP contribution in [0, 0.1) is 0 Å². The molecule has 3 rings (SSSR count). The number of rotatable bonds is 4. The largest absolute Gasteiger partial charge is 0.336 e. The molecule has 116 valence electrons. The van der Waals surface area contributed by atoms with Crippen molar-refractivity contribution in [1.82, 2.24) is 9.80 Å². The highest BCUT2D eigenvalue weighted by Crippen LogP contribution is 2.20. The van der Waals surface area contributed by atoms with E-state index in [1.807, 2.05) is 35.2 Å². The highest BCUT2D eigenvalue weighted by atomic mass is 16.2. The Labute approximate surface area is 132 Å². The minimum absolute atomic E-state index is 0.173. The van der Waals surface area contributed by atoms with Gasteiger partial charge in [-0.25, -0.2) is 0 Å². The summed E-state index contributed by atoms with van der Waals surface area (Å²) in [5.41, 5.74) is 0.833. The van der Waals surface area contributed by atoms with Crippen molar-refractivity contribution in [2.24, 2.45) is 0 Å². The van der Waals surface area contributed by atoms with Gasteiger partial charge in [-0.05, 0) is 29.8 Å². The molecule has 0 aromatic heterocycles. The molecule has 3 heteroatoms. The Bertz CT molecular complexity index is 639. The van der Waals surface area contributed by atoms with Gasteiger partial charge in [-0.2, -0.15) is 0 Å².